The predicted molar refractivity (Wildman–Crippen MR) is 262 cm³/mol. The molecule has 0 N–H and O–H groups in total. The second-order valence-electron chi connectivity index (χ2n) is 17.4. The molecule has 4 aliphatic rings. The third-order valence-electron chi connectivity index (χ3n) is 14.0. The topological polar surface area (TPSA) is 9.86 Å². The van der Waals surface area contributed by atoms with Crippen LogP contribution in [0.2, 0.25) is 0 Å². The molecule has 1 atom stereocenters. The van der Waals surface area contributed by atoms with E-state index in [1.807, 2.05) is 0 Å². The van der Waals surface area contributed by atoms with Gasteiger partial charge in [0.05, 0.1) is 22.1 Å². The van der Waals surface area contributed by atoms with Crippen molar-refractivity contribution in [1.29, 1.82) is 0 Å². The lowest BCUT2D eigenvalue weighted by Crippen LogP contribution is -2.18. The van der Waals surface area contributed by atoms with E-state index in [1.54, 1.807) is 5.57 Å². The summed E-state index contributed by atoms with van der Waals surface area (Å²) in [6.07, 6.45) is 21.9. The summed E-state index contributed by atoms with van der Waals surface area (Å²) in [5.74, 6) is 0.356. The monoisotopic (exact) mass is 792 g/mol. The Hall–Kier alpha value is -7.42. The quantitative estimate of drug-likeness (QED) is 0.164. The summed E-state index contributed by atoms with van der Waals surface area (Å²) < 4.78 is 5.02. The van der Waals surface area contributed by atoms with Gasteiger partial charge in [0.25, 0.3) is 0 Å². The highest BCUT2D eigenvalue weighted by molar-refractivity contribution is 6.13. The number of allylic oxidation sites excluding steroid dienone is 12. The third kappa shape index (κ3) is 5.49. The molecule has 1 unspecified atom stereocenters. The summed E-state index contributed by atoms with van der Waals surface area (Å²) in [5, 5.41) is 5.11. The smallest absolute Gasteiger partial charge is 0.0541 e. The summed E-state index contributed by atoms with van der Waals surface area (Å²) in [4.78, 5) is 0. The summed E-state index contributed by atoms with van der Waals surface area (Å²) in [7, 11) is 0. The van der Waals surface area contributed by atoms with E-state index in [2.05, 4.69) is 209 Å². The predicted octanol–water partition coefficient (Wildman–Crippen LogP) is 16.0. The van der Waals surface area contributed by atoms with Crippen LogP contribution in [0.3, 0.4) is 0 Å². The van der Waals surface area contributed by atoms with Gasteiger partial charge in [-0.2, -0.15) is 0 Å². The van der Waals surface area contributed by atoms with Gasteiger partial charge in [0.1, 0.15) is 0 Å². The maximum absolute atomic E-state index is 2.54. The van der Waals surface area contributed by atoms with Gasteiger partial charge in [0.15, 0.2) is 0 Å². The first-order valence-electron chi connectivity index (χ1n) is 22.3. The number of para-hydroxylation sites is 2. The Bertz CT molecular complexity index is 3540. The Morgan fingerprint density at radius 2 is 1.11 bits per heavy atom. The molecule has 2 aromatic heterocycles. The van der Waals surface area contributed by atoms with Crippen molar-refractivity contribution in [3.05, 3.63) is 228 Å². The van der Waals surface area contributed by atoms with E-state index in [4.69, 9.17) is 0 Å². The van der Waals surface area contributed by atoms with Gasteiger partial charge >= 0.3 is 0 Å². The Morgan fingerprint density at radius 3 is 1.89 bits per heavy atom. The zero-order chi connectivity index (χ0) is 40.7. The Morgan fingerprint density at radius 1 is 0.452 bits per heavy atom. The molecular weight excluding hydrogens is 749 g/mol. The van der Waals surface area contributed by atoms with Crippen molar-refractivity contribution in [3.8, 4) is 27.9 Å². The number of nitrogens with zero attached hydrogens (tertiary/aromatic N) is 2. The number of hydrogen-bond donors (Lipinski definition) is 0. The first-order chi connectivity index (χ1) is 30.7. The highest BCUT2D eigenvalue weighted by Crippen LogP contribution is 2.51. The molecule has 0 aliphatic heterocycles. The summed E-state index contributed by atoms with van der Waals surface area (Å²) in [6, 6.07) is 59.1. The van der Waals surface area contributed by atoms with Gasteiger partial charge in [-0.3, -0.25) is 0 Å². The molecule has 13 rings (SSSR count). The fourth-order valence-electron chi connectivity index (χ4n) is 11.1. The van der Waals surface area contributed by atoms with E-state index < -0.39 is 0 Å². The van der Waals surface area contributed by atoms with Crippen molar-refractivity contribution in [2.75, 3.05) is 0 Å². The van der Waals surface area contributed by atoms with E-state index in [9.17, 15) is 0 Å². The molecule has 4 aliphatic carbocycles. The normalized spacial score (nSPS) is 17.0. The van der Waals surface area contributed by atoms with Crippen LogP contribution in [0.15, 0.2) is 211 Å². The Kier molecular flexibility index (Phi) is 8.03. The van der Waals surface area contributed by atoms with Crippen molar-refractivity contribution in [2.24, 2.45) is 0 Å². The van der Waals surface area contributed by atoms with E-state index in [0.29, 0.717) is 5.92 Å². The molecule has 0 spiro atoms. The van der Waals surface area contributed by atoms with E-state index in [-0.39, 0.29) is 0 Å². The van der Waals surface area contributed by atoms with Crippen LogP contribution in [0.1, 0.15) is 54.7 Å². The number of rotatable bonds is 5. The zero-order valence-electron chi connectivity index (χ0n) is 34.6. The molecule has 2 heterocycles. The van der Waals surface area contributed by atoms with Crippen LogP contribution in [-0.4, -0.2) is 9.13 Å². The van der Waals surface area contributed by atoms with Crippen LogP contribution in [0, 0.1) is 0 Å². The average molecular weight is 793 g/mol. The average Bonchev–Trinajstić information content (AvgIpc) is 3.86. The molecule has 0 amide bonds. The van der Waals surface area contributed by atoms with Crippen LogP contribution in [0.5, 0.6) is 0 Å². The van der Waals surface area contributed by atoms with Gasteiger partial charge in [-0.25, -0.2) is 0 Å². The van der Waals surface area contributed by atoms with Crippen LogP contribution >= 0.6 is 0 Å². The van der Waals surface area contributed by atoms with E-state index >= 15 is 0 Å². The minimum absolute atomic E-state index is 0.356. The van der Waals surface area contributed by atoms with Crippen LogP contribution in [-0.2, 0) is 0 Å². The minimum Gasteiger partial charge on any atom is -0.313 e. The number of aromatic nitrogens is 2. The maximum atomic E-state index is 2.54. The molecule has 0 saturated carbocycles. The third-order valence-corrected chi connectivity index (χ3v) is 14.0. The number of benzene rings is 7. The first-order valence-corrected chi connectivity index (χ1v) is 22.3. The zero-order valence-corrected chi connectivity index (χ0v) is 34.6. The highest BCUT2D eigenvalue weighted by Gasteiger charge is 2.33. The first kappa shape index (κ1) is 35.3. The molecule has 0 bridgehead atoms. The van der Waals surface area contributed by atoms with Gasteiger partial charge in [-0.15, -0.1) is 0 Å². The maximum Gasteiger partial charge on any atom is 0.0541 e. The van der Waals surface area contributed by atoms with E-state index in [0.717, 1.165) is 32.1 Å². The number of fused-ring (bicyclic) bond motifs is 11. The minimum atomic E-state index is 0.356. The molecule has 294 valence electrons. The van der Waals surface area contributed by atoms with Gasteiger partial charge in [0, 0.05) is 38.8 Å². The van der Waals surface area contributed by atoms with Crippen molar-refractivity contribution in [1.82, 2.24) is 9.13 Å². The summed E-state index contributed by atoms with van der Waals surface area (Å²) in [5.41, 5.74) is 22.3. The van der Waals surface area contributed by atoms with E-state index in [1.165, 1.54) is 111 Å². The van der Waals surface area contributed by atoms with Gasteiger partial charge in [-0.05, 0) is 154 Å². The van der Waals surface area contributed by atoms with Gasteiger partial charge in [0.2, 0.25) is 0 Å². The second kappa shape index (κ2) is 14.1. The lowest BCUT2D eigenvalue weighted by Gasteiger charge is -2.36. The molecule has 0 saturated heterocycles. The van der Waals surface area contributed by atoms with Crippen LogP contribution in [0.4, 0.5) is 0 Å². The molecule has 0 fully saturated rings. The van der Waals surface area contributed by atoms with Crippen molar-refractivity contribution in [2.45, 2.75) is 38.0 Å². The lowest BCUT2D eigenvalue weighted by molar-refractivity contribution is 0.763. The van der Waals surface area contributed by atoms with Crippen molar-refractivity contribution < 1.29 is 0 Å². The molecule has 0 radical (unpaired) electrons. The number of hydrogen-bond acceptors (Lipinski definition) is 0. The Labute approximate surface area is 362 Å². The molecule has 9 aromatic rings. The SMILES string of the molecule is C1=CC(c2cc(-c3ccccc3)cc(-n3c4ccccc4c4cc(-c5ccc6c(c5)c5ccccc5n6C5=CC=C6C7=C(C=CCC7)c7ccccc7C6C5)ccc43)c2)=CCC1. The fourth-order valence-corrected chi connectivity index (χ4v) is 11.1. The van der Waals surface area contributed by atoms with Gasteiger partial charge in [-0.1, -0.05) is 140 Å². The molecule has 2 heteroatoms. The van der Waals surface area contributed by atoms with Crippen molar-refractivity contribution in [3.63, 3.8) is 0 Å². The molecular formula is C60H44N2. The highest BCUT2D eigenvalue weighted by atomic mass is 15.0. The van der Waals surface area contributed by atoms with Gasteiger partial charge < -0.3 is 9.13 Å². The standard InChI is InChI=1S/C60H44N2/c1-3-15-39(16-4-1)43-33-44(40-17-5-2-6-18-40)35-46(34-43)62-58-26-14-12-24-53(58)56-37-42(28-32-60(56)62)41-27-31-59-55(36-41)52-23-11-13-25-57(52)61(59)45-29-30-51-49-21-8-7-19-47(49)48-20-9-10-22-50(48)54(51)38-45/h1,3-5,7,9-20,22-37,54H,2,6,8,21,38H2. The lowest BCUT2D eigenvalue weighted by atomic mass is 9.69. The molecule has 2 nitrogen and oxygen atoms in total. The van der Waals surface area contributed by atoms with Crippen LogP contribution in [0.25, 0.3) is 88.4 Å². The molecule has 7 aromatic carbocycles. The Balaban J connectivity index is 0.942. The van der Waals surface area contributed by atoms with Crippen molar-refractivity contribution >= 4 is 60.5 Å². The fraction of sp³-hybridized carbons (Fsp3) is 0.100. The summed E-state index contributed by atoms with van der Waals surface area (Å²) >= 11 is 0. The summed E-state index contributed by atoms with van der Waals surface area (Å²) in [6.45, 7) is 0. The largest absolute Gasteiger partial charge is 0.313 e. The molecule has 62 heavy (non-hydrogen) atoms. The second-order valence-corrected chi connectivity index (χ2v) is 17.4. The van der Waals surface area contributed by atoms with Crippen LogP contribution < -0.4 is 0 Å².